The van der Waals surface area contributed by atoms with Gasteiger partial charge in [0.1, 0.15) is 0 Å². The Balaban J connectivity index is 1.84. The summed E-state index contributed by atoms with van der Waals surface area (Å²) >= 11 is 0. The molecule has 2 fully saturated rings. The second-order valence-corrected chi connectivity index (χ2v) is 4.92. The van der Waals surface area contributed by atoms with Crippen LogP contribution in [0.15, 0.2) is 0 Å². The van der Waals surface area contributed by atoms with Crippen molar-refractivity contribution in [3.63, 3.8) is 0 Å². The number of ether oxygens (including phenoxy) is 2. The van der Waals surface area contributed by atoms with Crippen LogP contribution in [0.4, 0.5) is 0 Å². The van der Waals surface area contributed by atoms with E-state index in [4.69, 9.17) is 9.47 Å². The number of nitrogens with one attached hydrogen (secondary N) is 1. The van der Waals surface area contributed by atoms with E-state index >= 15 is 0 Å². The predicted octanol–water partition coefficient (Wildman–Crippen LogP) is 1.57. The Kier molecular flexibility index (Phi) is 4.00. The van der Waals surface area contributed by atoms with E-state index in [0.717, 1.165) is 19.1 Å². The minimum atomic E-state index is 0.458. The molecule has 0 aromatic carbocycles. The average Bonchev–Trinajstić information content (AvgIpc) is 2.67. The summed E-state index contributed by atoms with van der Waals surface area (Å²) < 4.78 is 10.9. The molecule has 0 aromatic heterocycles. The van der Waals surface area contributed by atoms with Crippen molar-refractivity contribution >= 4 is 0 Å². The highest BCUT2D eigenvalue weighted by molar-refractivity contribution is 4.91. The molecular formula is C12H23NO2. The van der Waals surface area contributed by atoms with Crippen LogP contribution in [-0.4, -0.2) is 38.5 Å². The summed E-state index contributed by atoms with van der Waals surface area (Å²) in [6.45, 7) is 3.96. The molecule has 0 bridgehead atoms. The maximum absolute atomic E-state index is 5.76. The van der Waals surface area contributed by atoms with Gasteiger partial charge in [-0.25, -0.2) is 0 Å². The molecule has 1 N–H and O–H groups in total. The molecule has 0 aromatic rings. The van der Waals surface area contributed by atoms with E-state index < -0.39 is 0 Å². The third-order valence-corrected chi connectivity index (χ3v) is 3.70. The van der Waals surface area contributed by atoms with Gasteiger partial charge >= 0.3 is 0 Å². The molecule has 1 saturated heterocycles. The van der Waals surface area contributed by atoms with Crippen molar-refractivity contribution in [3.8, 4) is 0 Å². The Morgan fingerprint density at radius 2 is 2.27 bits per heavy atom. The fourth-order valence-electron chi connectivity index (χ4n) is 3.05. The molecule has 2 rings (SSSR count). The maximum Gasteiger partial charge on any atom is 0.0619 e. The number of rotatable bonds is 4. The number of methoxy groups -OCH3 is 1. The Hall–Kier alpha value is -0.120. The van der Waals surface area contributed by atoms with Crippen LogP contribution < -0.4 is 5.32 Å². The SMILES string of the molecule is COCC(C)NC1CCCC2OCCC12. The van der Waals surface area contributed by atoms with Gasteiger partial charge in [0.15, 0.2) is 0 Å². The van der Waals surface area contributed by atoms with Gasteiger partial charge < -0.3 is 14.8 Å². The van der Waals surface area contributed by atoms with Gasteiger partial charge in [-0.15, -0.1) is 0 Å². The zero-order valence-corrected chi connectivity index (χ0v) is 9.87. The summed E-state index contributed by atoms with van der Waals surface area (Å²) in [7, 11) is 1.76. The van der Waals surface area contributed by atoms with Gasteiger partial charge in [0.2, 0.25) is 0 Å². The van der Waals surface area contributed by atoms with Gasteiger partial charge in [-0.1, -0.05) is 0 Å². The van der Waals surface area contributed by atoms with Crippen molar-refractivity contribution in [1.82, 2.24) is 5.32 Å². The van der Waals surface area contributed by atoms with Crippen LogP contribution in [-0.2, 0) is 9.47 Å². The van der Waals surface area contributed by atoms with Crippen LogP contribution in [0.1, 0.15) is 32.6 Å². The first-order valence-electron chi connectivity index (χ1n) is 6.18. The van der Waals surface area contributed by atoms with E-state index in [2.05, 4.69) is 12.2 Å². The lowest BCUT2D eigenvalue weighted by Gasteiger charge is -2.35. The maximum atomic E-state index is 5.76. The summed E-state index contributed by atoms with van der Waals surface area (Å²) in [6.07, 6.45) is 5.65. The van der Waals surface area contributed by atoms with E-state index in [9.17, 15) is 0 Å². The second-order valence-electron chi connectivity index (χ2n) is 4.92. The van der Waals surface area contributed by atoms with Gasteiger partial charge in [-0.3, -0.25) is 0 Å². The largest absolute Gasteiger partial charge is 0.383 e. The molecule has 1 aliphatic carbocycles. The fraction of sp³-hybridized carbons (Fsp3) is 1.00. The summed E-state index contributed by atoms with van der Waals surface area (Å²) in [5, 5.41) is 3.69. The highest BCUT2D eigenvalue weighted by Crippen LogP contribution is 2.34. The quantitative estimate of drug-likeness (QED) is 0.769. The Bertz CT molecular complexity index is 198. The first-order valence-corrected chi connectivity index (χ1v) is 6.18. The van der Waals surface area contributed by atoms with Crippen molar-refractivity contribution in [2.75, 3.05) is 20.3 Å². The molecule has 3 nitrogen and oxygen atoms in total. The van der Waals surface area contributed by atoms with E-state index in [1.54, 1.807) is 7.11 Å². The van der Waals surface area contributed by atoms with Crippen LogP contribution >= 0.6 is 0 Å². The Morgan fingerprint density at radius 3 is 3.07 bits per heavy atom. The molecule has 88 valence electrons. The second kappa shape index (κ2) is 5.28. The molecule has 2 aliphatic rings. The number of fused-ring (bicyclic) bond motifs is 1. The summed E-state index contributed by atoms with van der Waals surface area (Å²) in [6, 6.07) is 1.11. The molecule has 15 heavy (non-hydrogen) atoms. The third kappa shape index (κ3) is 2.71. The highest BCUT2D eigenvalue weighted by Gasteiger charge is 2.37. The van der Waals surface area contributed by atoms with E-state index in [0.29, 0.717) is 18.2 Å². The molecule has 1 heterocycles. The first kappa shape index (κ1) is 11.4. The van der Waals surface area contributed by atoms with E-state index in [1.807, 2.05) is 0 Å². The lowest BCUT2D eigenvalue weighted by molar-refractivity contribution is 0.0484. The minimum Gasteiger partial charge on any atom is -0.383 e. The minimum absolute atomic E-state index is 0.458. The molecule has 1 aliphatic heterocycles. The highest BCUT2D eigenvalue weighted by atomic mass is 16.5. The lowest BCUT2D eigenvalue weighted by atomic mass is 9.81. The van der Waals surface area contributed by atoms with E-state index in [-0.39, 0.29) is 0 Å². The van der Waals surface area contributed by atoms with E-state index in [1.165, 1.54) is 25.7 Å². The number of hydrogen-bond donors (Lipinski definition) is 1. The van der Waals surface area contributed by atoms with Gasteiger partial charge in [0, 0.05) is 31.7 Å². The molecule has 0 radical (unpaired) electrons. The molecule has 0 spiro atoms. The average molecular weight is 213 g/mol. The normalized spacial score (nSPS) is 37.6. The van der Waals surface area contributed by atoms with Crippen LogP contribution in [0.25, 0.3) is 0 Å². The van der Waals surface area contributed by atoms with Gasteiger partial charge in [0.05, 0.1) is 12.7 Å². The van der Waals surface area contributed by atoms with Crippen molar-refractivity contribution in [2.45, 2.75) is 50.8 Å². The van der Waals surface area contributed by atoms with Crippen LogP contribution in [0.5, 0.6) is 0 Å². The van der Waals surface area contributed by atoms with Gasteiger partial charge in [-0.05, 0) is 32.6 Å². The first-order chi connectivity index (χ1) is 7.31. The lowest BCUT2D eigenvalue weighted by Crippen LogP contribution is -2.47. The van der Waals surface area contributed by atoms with Crippen molar-refractivity contribution in [1.29, 1.82) is 0 Å². The fourth-order valence-corrected chi connectivity index (χ4v) is 3.05. The molecule has 4 unspecified atom stereocenters. The van der Waals surface area contributed by atoms with Crippen molar-refractivity contribution in [3.05, 3.63) is 0 Å². The van der Waals surface area contributed by atoms with Crippen LogP contribution in [0.2, 0.25) is 0 Å². The smallest absolute Gasteiger partial charge is 0.0619 e. The topological polar surface area (TPSA) is 30.5 Å². The molecule has 0 amide bonds. The number of hydrogen-bond acceptors (Lipinski definition) is 3. The molecule has 3 heteroatoms. The summed E-state index contributed by atoms with van der Waals surface area (Å²) in [5.41, 5.74) is 0. The summed E-state index contributed by atoms with van der Waals surface area (Å²) in [4.78, 5) is 0. The monoisotopic (exact) mass is 213 g/mol. The predicted molar refractivity (Wildman–Crippen MR) is 60.0 cm³/mol. The van der Waals surface area contributed by atoms with Crippen LogP contribution in [0.3, 0.4) is 0 Å². The molecule has 1 saturated carbocycles. The van der Waals surface area contributed by atoms with Gasteiger partial charge in [-0.2, -0.15) is 0 Å². The van der Waals surface area contributed by atoms with Crippen molar-refractivity contribution in [2.24, 2.45) is 5.92 Å². The zero-order chi connectivity index (χ0) is 10.7. The van der Waals surface area contributed by atoms with Crippen molar-refractivity contribution < 1.29 is 9.47 Å². The van der Waals surface area contributed by atoms with Gasteiger partial charge in [0.25, 0.3) is 0 Å². The molecule has 4 atom stereocenters. The molecular weight excluding hydrogens is 190 g/mol. The Morgan fingerprint density at radius 1 is 1.40 bits per heavy atom. The summed E-state index contributed by atoms with van der Waals surface area (Å²) in [5.74, 6) is 0.748. The van der Waals surface area contributed by atoms with Crippen LogP contribution in [0, 0.1) is 5.92 Å². The third-order valence-electron chi connectivity index (χ3n) is 3.70. The Labute approximate surface area is 92.5 Å². The standard InChI is InChI=1S/C12H23NO2/c1-9(8-14-2)13-11-4-3-5-12-10(11)6-7-15-12/h9-13H,3-8H2,1-2H3. The zero-order valence-electron chi connectivity index (χ0n) is 9.87.